The highest BCUT2D eigenvalue weighted by Gasteiger charge is 2.27. The number of hydrogen-bond acceptors (Lipinski definition) is 3. The zero-order valence-corrected chi connectivity index (χ0v) is 16.0. The van der Waals surface area contributed by atoms with Crippen LogP contribution in [-0.4, -0.2) is 34.9 Å². The maximum absolute atomic E-state index is 11.7. The molecule has 1 saturated carbocycles. The molecule has 0 bridgehead atoms. The zero-order chi connectivity index (χ0) is 15.9. The minimum Gasteiger partial charge on any atom is -0.444 e. The number of carbonyl (C=O) groups excluding carboxylic acids is 1. The molecular formula is C16H30INO3. The lowest BCUT2D eigenvalue weighted by atomic mass is 9.90. The molecule has 0 saturated heterocycles. The highest BCUT2D eigenvalue weighted by molar-refractivity contribution is 14.1. The minimum absolute atomic E-state index is 0.324. The van der Waals surface area contributed by atoms with E-state index in [4.69, 9.17) is 9.47 Å². The van der Waals surface area contributed by atoms with Gasteiger partial charge in [0.05, 0.1) is 18.8 Å². The number of halogens is 1. The summed E-state index contributed by atoms with van der Waals surface area (Å²) in [6.07, 6.45) is 6.18. The van der Waals surface area contributed by atoms with Gasteiger partial charge in [0.2, 0.25) is 0 Å². The van der Waals surface area contributed by atoms with Gasteiger partial charge in [-0.15, -0.1) is 0 Å². The van der Waals surface area contributed by atoms with Gasteiger partial charge in [0.15, 0.2) is 0 Å². The second-order valence-corrected chi connectivity index (χ2v) is 8.02. The van der Waals surface area contributed by atoms with Crippen molar-refractivity contribution in [3.8, 4) is 0 Å². The topological polar surface area (TPSA) is 47.6 Å². The fraction of sp³-hybridized carbons (Fsp3) is 0.938. The number of ether oxygens (including phenoxy) is 2. The lowest BCUT2D eigenvalue weighted by molar-refractivity contribution is -0.0355. The van der Waals surface area contributed by atoms with Crippen molar-refractivity contribution in [3.63, 3.8) is 0 Å². The maximum Gasteiger partial charge on any atom is 0.407 e. The molecule has 124 valence electrons. The van der Waals surface area contributed by atoms with E-state index in [1.54, 1.807) is 0 Å². The average Bonchev–Trinajstić information content (AvgIpc) is 2.42. The van der Waals surface area contributed by atoms with E-state index < -0.39 is 5.60 Å². The third kappa shape index (κ3) is 8.24. The molecule has 1 aliphatic rings. The van der Waals surface area contributed by atoms with E-state index in [9.17, 15) is 4.79 Å². The largest absolute Gasteiger partial charge is 0.444 e. The summed E-state index contributed by atoms with van der Waals surface area (Å²) in [4.78, 5) is 11.7. The van der Waals surface area contributed by atoms with Crippen LogP contribution < -0.4 is 5.32 Å². The van der Waals surface area contributed by atoms with Gasteiger partial charge in [0, 0.05) is 4.43 Å². The third-order valence-corrected chi connectivity index (χ3v) is 5.29. The Balaban J connectivity index is 2.34. The molecule has 0 aliphatic heterocycles. The van der Waals surface area contributed by atoms with Crippen molar-refractivity contribution in [2.45, 2.75) is 71.0 Å². The number of hydrogen-bond donors (Lipinski definition) is 1. The molecule has 1 fully saturated rings. The first kappa shape index (κ1) is 19.0. The summed E-state index contributed by atoms with van der Waals surface area (Å²) in [6.45, 7) is 8.93. The summed E-state index contributed by atoms with van der Waals surface area (Å²) in [7, 11) is 0. The van der Waals surface area contributed by atoms with Crippen molar-refractivity contribution < 1.29 is 14.3 Å². The highest BCUT2D eigenvalue weighted by atomic mass is 127. The van der Waals surface area contributed by atoms with Crippen LogP contribution in [0.4, 0.5) is 4.79 Å². The number of amides is 1. The molecule has 1 rings (SSSR count). The van der Waals surface area contributed by atoms with Gasteiger partial charge in [-0.2, -0.15) is 0 Å². The van der Waals surface area contributed by atoms with E-state index in [-0.39, 0.29) is 11.7 Å². The number of nitrogens with one attached hydrogen (secondary N) is 1. The third-order valence-electron chi connectivity index (χ3n) is 3.68. The van der Waals surface area contributed by atoms with Crippen LogP contribution in [0, 0.1) is 5.92 Å². The molecule has 0 aromatic heterocycles. The first-order chi connectivity index (χ1) is 9.74. The number of rotatable bonds is 6. The van der Waals surface area contributed by atoms with Crippen molar-refractivity contribution in [1.29, 1.82) is 0 Å². The Kier molecular flexibility index (Phi) is 7.74. The zero-order valence-electron chi connectivity index (χ0n) is 13.8. The number of alkyl halides is 1. The molecule has 1 amide bonds. The summed E-state index contributed by atoms with van der Waals surface area (Å²) in [5.74, 6) is 0.683. The van der Waals surface area contributed by atoms with Crippen molar-refractivity contribution in [1.82, 2.24) is 5.32 Å². The molecule has 1 aliphatic carbocycles. The molecule has 1 atom stereocenters. The van der Waals surface area contributed by atoms with Crippen LogP contribution in [0.1, 0.15) is 59.8 Å². The van der Waals surface area contributed by atoms with E-state index >= 15 is 0 Å². The molecule has 0 heterocycles. The van der Waals surface area contributed by atoms with Crippen molar-refractivity contribution in [3.05, 3.63) is 0 Å². The molecule has 0 aromatic carbocycles. The Morgan fingerprint density at radius 1 is 1.19 bits per heavy atom. The fourth-order valence-electron chi connectivity index (χ4n) is 2.38. The van der Waals surface area contributed by atoms with Crippen LogP contribution in [-0.2, 0) is 9.47 Å². The van der Waals surface area contributed by atoms with E-state index in [0.717, 1.165) is 11.0 Å². The predicted molar refractivity (Wildman–Crippen MR) is 94.1 cm³/mol. The summed E-state index contributed by atoms with van der Waals surface area (Å²) < 4.78 is 12.2. The lowest BCUT2D eigenvalue weighted by Gasteiger charge is -2.32. The Morgan fingerprint density at radius 2 is 1.81 bits per heavy atom. The Labute approximate surface area is 142 Å². The Hall–Kier alpha value is -0.0400. The van der Waals surface area contributed by atoms with E-state index in [1.807, 2.05) is 20.8 Å². The molecule has 4 nitrogen and oxygen atoms in total. The summed E-state index contributed by atoms with van der Waals surface area (Å²) >= 11 is 2.32. The molecule has 1 unspecified atom stereocenters. The first-order valence-electron chi connectivity index (χ1n) is 7.91. The molecule has 0 spiro atoms. The maximum atomic E-state index is 11.7. The summed E-state index contributed by atoms with van der Waals surface area (Å²) in [6, 6.07) is 0. The van der Waals surface area contributed by atoms with E-state index in [0.29, 0.717) is 12.5 Å². The summed E-state index contributed by atoms with van der Waals surface area (Å²) in [5, 5.41) is 2.83. The highest BCUT2D eigenvalue weighted by Crippen LogP contribution is 2.26. The molecule has 0 radical (unpaired) electrons. The molecule has 5 heteroatoms. The number of alkyl carbamates (subject to hydrolysis) is 1. The van der Waals surface area contributed by atoms with Crippen LogP contribution in [0.5, 0.6) is 0 Å². The predicted octanol–water partition coefficient (Wildman–Crippen LogP) is 4.30. The normalized spacial score (nSPS) is 19.9. The first-order valence-corrected chi connectivity index (χ1v) is 9.43. The number of carbonyl (C=O) groups is 1. The van der Waals surface area contributed by atoms with Crippen LogP contribution >= 0.6 is 22.6 Å². The van der Waals surface area contributed by atoms with Crippen molar-refractivity contribution in [2.75, 3.05) is 17.6 Å². The SMILES string of the molecule is CC(C)(C)OC(=O)NCC(C)(CI)OCC1CCCCC1. The van der Waals surface area contributed by atoms with Gasteiger partial charge in [0.25, 0.3) is 0 Å². The van der Waals surface area contributed by atoms with Gasteiger partial charge < -0.3 is 14.8 Å². The lowest BCUT2D eigenvalue weighted by Crippen LogP contribution is -2.46. The van der Waals surface area contributed by atoms with Gasteiger partial charge in [-0.3, -0.25) is 0 Å². The average molecular weight is 411 g/mol. The van der Waals surface area contributed by atoms with Crippen molar-refractivity contribution >= 4 is 28.7 Å². The van der Waals surface area contributed by atoms with Gasteiger partial charge >= 0.3 is 6.09 Å². The molecular weight excluding hydrogens is 381 g/mol. The second kappa shape index (κ2) is 8.56. The minimum atomic E-state index is -0.465. The molecule has 1 N–H and O–H groups in total. The fourth-order valence-corrected chi connectivity index (χ4v) is 2.87. The van der Waals surface area contributed by atoms with Crippen LogP contribution in [0.2, 0.25) is 0 Å². The van der Waals surface area contributed by atoms with E-state index in [1.165, 1.54) is 32.1 Å². The van der Waals surface area contributed by atoms with Gasteiger partial charge in [-0.25, -0.2) is 4.79 Å². The smallest absolute Gasteiger partial charge is 0.407 e. The quantitative estimate of drug-likeness (QED) is 0.524. The second-order valence-electron chi connectivity index (χ2n) is 7.25. The Morgan fingerprint density at radius 3 is 2.33 bits per heavy atom. The van der Waals surface area contributed by atoms with Crippen LogP contribution in [0.25, 0.3) is 0 Å². The van der Waals surface area contributed by atoms with Gasteiger partial charge in [-0.1, -0.05) is 41.9 Å². The van der Waals surface area contributed by atoms with Gasteiger partial charge in [0.1, 0.15) is 5.60 Å². The van der Waals surface area contributed by atoms with Crippen LogP contribution in [0.3, 0.4) is 0 Å². The Bertz CT molecular complexity index is 324. The standard InChI is InChI=1S/C16H30INO3/c1-15(2,3)21-14(19)18-12-16(4,11-17)20-10-13-8-6-5-7-9-13/h13H,5-12H2,1-4H3,(H,18,19). The monoisotopic (exact) mass is 411 g/mol. The molecule has 0 aromatic rings. The van der Waals surface area contributed by atoms with Crippen LogP contribution in [0.15, 0.2) is 0 Å². The van der Waals surface area contributed by atoms with Crippen molar-refractivity contribution in [2.24, 2.45) is 5.92 Å². The summed E-state index contributed by atoms with van der Waals surface area (Å²) in [5.41, 5.74) is -0.789. The molecule has 21 heavy (non-hydrogen) atoms. The van der Waals surface area contributed by atoms with Gasteiger partial charge in [-0.05, 0) is 46.5 Å². The van der Waals surface area contributed by atoms with E-state index in [2.05, 4.69) is 34.8 Å².